The first kappa shape index (κ1) is 12.5. The highest BCUT2D eigenvalue weighted by Gasteiger charge is 2.05. The number of imidazole rings is 1. The van der Waals surface area contributed by atoms with Crippen molar-refractivity contribution in [2.45, 2.75) is 5.16 Å². The van der Waals surface area contributed by atoms with Gasteiger partial charge in [0, 0.05) is 18.1 Å². The van der Waals surface area contributed by atoms with Crippen molar-refractivity contribution in [1.82, 2.24) is 19.2 Å². The molecule has 0 amide bonds. The maximum Gasteiger partial charge on any atom is 0.163 e. The standard InChI is InChI=1S/C7H6N2S.C2H5N3S2/c10-7-8-5-3-1-2-4-6(5)9-7;3-2-1-4-5(6)7-2/h1-4H,(H2,8,9,10);1,4,6H,3H2. The minimum absolute atomic E-state index is 0.668. The zero-order valence-electron chi connectivity index (χ0n) is 8.66. The zero-order chi connectivity index (χ0) is 12.3. The fourth-order valence-corrected chi connectivity index (χ4v) is 2.19. The molecule has 1 aromatic heterocycles. The number of aromatic amines is 1. The second kappa shape index (κ2) is 5.58. The maximum absolute atomic E-state index is 5.30. The number of thiol groups is 2. The van der Waals surface area contributed by atoms with E-state index in [9.17, 15) is 0 Å². The first-order valence-electron chi connectivity index (χ1n) is 4.67. The Morgan fingerprint density at radius 3 is 2.65 bits per heavy atom. The summed E-state index contributed by atoms with van der Waals surface area (Å²) in [4.78, 5) is 7.13. The predicted octanol–water partition coefficient (Wildman–Crippen LogP) is 1.91. The highest BCUT2D eigenvalue weighted by atomic mass is 32.2. The summed E-state index contributed by atoms with van der Waals surface area (Å²) in [5.41, 5.74) is 10.0. The van der Waals surface area contributed by atoms with E-state index in [0.29, 0.717) is 5.16 Å². The maximum atomic E-state index is 5.30. The average Bonchev–Trinajstić information content (AvgIpc) is 2.83. The minimum Gasteiger partial charge on any atom is -0.391 e. The lowest BCUT2D eigenvalue weighted by Gasteiger charge is -2.01. The molecule has 2 aromatic rings. The largest absolute Gasteiger partial charge is 0.391 e. The molecule has 8 heteroatoms. The Bertz CT molecular complexity index is 505. The molecule has 0 spiro atoms. The number of hydrogen-bond donors (Lipinski definition) is 5. The van der Waals surface area contributed by atoms with Crippen LogP contribution in [0.5, 0.6) is 0 Å². The third-order valence-electron chi connectivity index (χ3n) is 1.89. The molecule has 0 atom stereocenters. The summed E-state index contributed by atoms with van der Waals surface area (Å²) in [5, 5.41) is 1.40. The van der Waals surface area contributed by atoms with E-state index in [2.05, 4.69) is 40.8 Å². The Morgan fingerprint density at radius 2 is 2.12 bits per heavy atom. The van der Waals surface area contributed by atoms with Crippen molar-refractivity contribution in [2.24, 2.45) is 5.73 Å². The van der Waals surface area contributed by atoms with Crippen LogP contribution < -0.4 is 11.2 Å². The van der Waals surface area contributed by atoms with E-state index in [1.807, 2.05) is 24.3 Å². The fourth-order valence-electron chi connectivity index (χ4n) is 1.21. The quantitative estimate of drug-likeness (QED) is 0.378. The van der Waals surface area contributed by atoms with Crippen molar-refractivity contribution in [1.29, 1.82) is 0 Å². The summed E-state index contributed by atoms with van der Waals surface area (Å²) in [6.45, 7) is 0. The summed E-state index contributed by atoms with van der Waals surface area (Å²) in [6, 6.07) is 7.84. The molecule has 4 N–H and O–H groups in total. The summed E-state index contributed by atoms with van der Waals surface area (Å²) in [5.74, 6) is 0. The Hall–Kier alpha value is -0.960. The van der Waals surface area contributed by atoms with Crippen LogP contribution >= 0.6 is 37.4 Å². The number of fused-ring (bicyclic) bond motifs is 1. The first-order chi connectivity index (χ1) is 8.15. The van der Waals surface area contributed by atoms with E-state index in [4.69, 9.17) is 5.73 Å². The molecule has 3 rings (SSSR count). The lowest BCUT2D eigenvalue weighted by atomic mass is 10.3. The molecule has 0 bridgehead atoms. The molecule has 1 aromatic carbocycles. The summed E-state index contributed by atoms with van der Waals surface area (Å²) in [6.07, 6.45) is 1.68. The van der Waals surface area contributed by atoms with Crippen LogP contribution in [0.2, 0.25) is 0 Å². The summed E-state index contributed by atoms with van der Waals surface area (Å²) >= 11 is 9.33. The topological polar surface area (TPSA) is 70.0 Å². The van der Waals surface area contributed by atoms with E-state index in [-0.39, 0.29) is 0 Å². The number of rotatable bonds is 0. The Balaban J connectivity index is 0.000000136. The number of H-pyrrole nitrogens is 1. The van der Waals surface area contributed by atoms with Crippen LogP contribution in [-0.2, 0) is 0 Å². The molecule has 0 radical (unpaired) electrons. The second-order valence-corrected chi connectivity index (χ2v) is 5.23. The van der Waals surface area contributed by atoms with E-state index < -0.39 is 0 Å². The number of benzene rings is 1. The van der Waals surface area contributed by atoms with Gasteiger partial charge in [-0.25, -0.2) is 4.98 Å². The van der Waals surface area contributed by atoms with Gasteiger partial charge in [0.15, 0.2) is 5.16 Å². The van der Waals surface area contributed by atoms with Gasteiger partial charge in [-0.05, 0) is 12.1 Å². The molecule has 0 fully saturated rings. The van der Waals surface area contributed by atoms with E-state index in [0.717, 1.165) is 16.1 Å². The van der Waals surface area contributed by atoms with Gasteiger partial charge in [0.2, 0.25) is 0 Å². The predicted molar refractivity (Wildman–Crippen MR) is 77.2 cm³/mol. The number of nitrogens with zero attached hydrogens (tertiary/aromatic N) is 2. The number of hydrogen-bond acceptors (Lipinski definition) is 7. The molecule has 17 heavy (non-hydrogen) atoms. The number of nitrogens with one attached hydrogen (secondary N) is 2. The van der Waals surface area contributed by atoms with Crippen molar-refractivity contribution >= 4 is 48.4 Å². The summed E-state index contributed by atoms with van der Waals surface area (Å²) < 4.78 is 1.52. The number of hydrazine groups is 1. The van der Waals surface area contributed by atoms with E-state index in [1.165, 1.54) is 15.8 Å². The molecule has 0 aliphatic carbocycles. The van der Waals surface area contributed by atoms with Gasteiger partial charge in [-0.1, -0.05) is 24.9 Å². The van der Waals surface area contributed by atoms with Gasteiger partial charge in [0.05, 0.1) is 11.0 Å². The van der Waals surface area contributed by atoms with Crippen molar-refractivity contribution in [2.75, 3.05) is 0 Å². The van der Waals surface area contributed by atoms with Crippen LogP contribution in [0.25, 0.3) is 11.0 Å². The van der Waals surface area contributed by atoms with Gasteiger partial charge >= 0.3 is 0 Å². The van der Waals surface area contributed by atoms with Crippen molar-refractivity contribution in [3.8, 4) is 0 Å². The molecule has 1 aliphatic rings. The van der Waals surface area contributed by atoms with Crippen molar-refractivity contribution < 1.29 is 0 Å². The monoisotopic (exact) mass is 285 g/mol. The number of aromatic nitrogens is 2. The molecular formula is C9H11N5S3. The SMILES string of the molecule is NC1=CNN(S)S1.Sc1nc2ccccc2[nH]1. The van der Waals surface area contributed by atoms with Crippen LogP contribution in [-0.4, -0.2) is 13.8 Å². The fraction of sp³-hybridized carbons (Fsp3) is 0. The lowest BCUT2D eigenvalue weighted by Crippen LogP contribution is -2.10. The molecule has 0 saturated heterocycles. The average molecular weight is 285 g/mol. The highest BCUT2D eigenvalue weighted by molar-refractivity contribution is 8.08. The number of nitrogens with two attached hydrogens (primary N) is 1. The highest BCUT2D eigenvalue weighted by Crippen LogP contribution is 2.20. The Labute approximate surface area is 114 Å². The third kappa shape index (κ3) is 3.50. The second-order valence-electron chi connectivity index (χ2n) is 3.12. The first-order valence-corrected chi connectivity index (χ1v) is 6.30. The van der Waals surface area contributed by atoms with Gasteiger partial charge in [-0.3, -0.25) is 0 Å². The summed E-state index contributed by atoms with van der Waals surface area (Å²) in [7, 11) is 0. The molecular weight excluding hydrogens is 274 g/mol. The third-order valence-corrected chi connectivity index (χ3v) is 3.07. The van der Waals surface area contributed by atoms with Crippen molar-refractivity contribution in [3.63, 3.8) is 0 Å². The van der Waals surface area contributed by atoms with Crippen molar-refractivity contribution in [3.05, 3.63) is 35.5 Å². The molecule has 90 valence electrons. The molecule has 2 heterocycles. The van der Waals surface area contributed by atoms with Crippen LogP contribution in [0.1, 0.15) is 0 Å². The van der Waals surface area contributed by atoms with Crippen LogP contribution in [0, 0.1) is 0 Å². The molecule has 5 nitrogen and oxygen atoms in total. The minimum atomic E-state index is 0.668. The van der Waals surface area contributed by atoms with Gasteiger partial charge < -0.3 is 16.1 Å². The smallest absolute Gasteiger partial charge is 0.163 e. The molecule has 0 unspecified atom stereocenters. The number of para-hydroxylation sites is 2. The van der Waals surface area contributed by atoms with Gasteiger partial charge in [-0.2, -0.15) is 0 Å². The Morgan fingerprint density at radius 1 is 1.35 bits per heavy atom. The molecule has 1 aliphatic heterocycles. The van der Waals surface area contributed by atoms with Crippen LogP contribution in [0.15, 0.2) is 40.7 Å². The van der Waals surface area contributed by atoms with E-state index in [1.54, 1.807) is 6.20 Å². The van der Waals surface area contributed by atoms with Gasteiger partial charge in [-0.15, -0.1) is 16.4 Å². The van der Waals surface area contributed by atoms with Gasteiger partial charge in [0.25, 0.3) is 0 Å². The van der Waals surface area contributed by atoms with Crippen LogP contribution in [0.4, 0.5) is 0 Å². The lowest BCUT2D eigenvalue weighted by molar-refractivity contribution is 0.675. The molecule has 0 saturated carbocycles. The normalized spacial score (nSPS) is 15.1. The van der Waals surface area contributed by atoms with Gasteiger partial charge in [0.1, 0.15) is 5.03 Å². The zero-order valence-corrected chi connectivity index (χ0v) is 11.3. The van der Waals surface area contributed by atoms with E-state index >= 15 is 0 Å². The Kier molecular flexibility index (Phi) is 4.11. The van der Waals surface area contributed by atoms with Crippen LogP contribution in [0.3, 0.4) is 0 Å².